The Bertz CT molecular complexity index is 1270. The van der Waals surface area contributed by atoms with E-state index >= 15 is 0 Å². The number of aromatic nitrogens is 1. The summed E-state index contributed by atoms with van der Waals surface area (Å²) in [6.45, 7) is 4.59. The number of nitrogens with zero attached hydrogens (tertiary/aromatic N) is 3. The first-order valence-corrected chi connectivity index (χ1v) is 9.51. The summed E-state index contributed by atoms with van der Waals surface area (Å²) in [4.78, 5) is 40.5. The molecule has 7 nitrogen and oxygen atoms in total. The van der Waals surface area contributed by atoms with E-state index in [0.717, 1.165) is 10.9 Å². The second kappa shape index (κ2) is 7.43. The summed E-state index contributed by atoms with van der Waals surface area (Å²) in [7, 11) is 0. The highest BCUT2D eigenvalue weighted by Gasteiger charge is 2.30. The fraction of sp³-hybridized carbons (Fsp3) is 0.227. The van der Waals surface area contributed by atoms with Gasteiger partial charge in [0.15, 0.2) is 6.54 Å². The maximum absolute atomic E-state index is 12.6. The lowest BCUT2D eigenvalue weighted by molar-refractivity contribution is -0.138. The van der Waals surface area contributed by atoms with Gasteiger partial charge in [-0.25, -0.2) is 4.79 Å². The van der Waals surface area contributed by atoms with Crippen LogP contribution in [-0.4, -0.2) is 35.4 Å². The normalized spacial score (nSPS) is 13.6. The maximum Gasteiger partial charge on any atom is 0.480 e. The van der Waals surface area contributed by atoms with Gasteiger partial charge in [-0.05, 0) is 43.5 Å². The summed E-state index contributed by atoms with van der Waals surface area (Å²) in [6, 6.07) is 14.9. The molecule has 0 atom stereocenters. The summed E-state index contributed by atoms with van der Waals surface area (Å²) in [5.74, 6) is -1.71. The van der Waals surface area contributed by atoms with E-state index in [-0.39, 0.29) is 19.0 Å². The van der Waals surface area contributed by atoms with Crippen molar-refractivity contribution in [2.24, 2.45) is 4.99 Å². The van der Waals surface area contributed by atoms with Crippen LogP contribution in [0.5, 0.6) is 0 Å². The van der Waals surface area contributed by atoms with E-state index in [0.29, 0.717) is 22.3 Å². The lowest BCUT2D eigenvalue weighted by Gasteiger charge is -2.10. The highest BCUT2D eigenvalue weighted by molar-refractivity contribution is 6.36. The van der Waals surface area contributed by atoms with Gasteiger partial charge in [0.05, 0.1) is 6.54 Å². The van der Waals surface area contributed by atoms with E-state index in [1.54, 1.807) is 30.3 Å². The zero-order valence-corrected chi connectivity index (χ0v) is 16.3. The van der Waals surface area contributed by atoms with Gasteiger partial charge in [0, 0.05) is 29.4 Å². The van der Waals surface area contributed by atoms with Crippen molar-refractivity contribution in [2.75, 3.05) is 13.1 Å². The van der Waals surface area contributed by atoms with Gasteiger partial charge in [-0.3, -0.25) is 9.59 Å². The zero-order valence-electron chi connectivity index (χ0n) is 16.3. The summed E-state index contributed by atoms with van der Waals surface area (Å²) in [6.07, 6.45) is 2.01. The van der Waals surface area contributed by atoms with Crippen molar-refractivity contribution in [3.8, 4) is 0 Å². The molecule has 0 saturated carbocycles. The van der Waals surface area contributed by atoms with E-state index in [1.807, 2.05) is 24.4 Å². The minimum Gasteiger partial charge on any atom is -0.346 e. The van der Waals surface area contributed by atoms with Gasteiger partial charge in [0.2, 0.25) is 5.36 Å². The molecule has 29 heavy (non-hydrogen) atoms. The molecular weight excluding hydrogens is 368 g/mol. The average Bonchev–Trinajstić information content (AvgIpc) is 3.14. The molecule has 3 amide bonds. The molecule has 3 aromatic rings. The number of carbonyl (C=O) groups excluding carboxylic acids is 3. The highest BCUT2D eigenvalue weighted by Crippen LogP contribution is 2.21. The Hall–Kier alpha value is -3.61. The number of rotatable bonds is 5. The number of hydrogen-bond acceptors (Lipinski definition) is 3. The number of amides is 3. The van der Waals surface area contributed by atoms with Gasteiger partial charge in [-0.2, -0.15) is 4.99 Å². The van der Waals surface area contributed by atoms with Crippen LogP contribution >= 0.6 is 0 Å². The number of fused-ring (bicyclic) bond motifs is 2. The molecule has 0 fully saturated rings. The predicted molar refractivity (Wildman–Crippen MR) is 108 cm³/mol. The standard InChI is InChI=1S/C22H20N4O3/c1-14(2)25-11-9-15-7-8-16(13-19(15)25)20(27)23-10-12-26-18-6-4-3-5-17(18)24-21(28)22(26)29/h3-9,11,13-14H,10,12H2,1-2H3/p+1. The Morgan fingerprint density at radius 2 is 1.93 bits per heavy atom. The van der Waals surface area contributed by atoms with Crippen LogP contribution in [0.25, 0.3) is 10.9 Å². The highest BCUT2D eigenvalue weighted by atomic mass is 16.2. The minimum absolute atomic E-state index is 0.188. The van der Waals surface area contributed by atoms with Gasteiger partial charge >= 0.3 is 11.8 Å². The number of nitrogens with one attached hydrogen (secondary N) is 1. The monoisotopic (exact) mass is 389 g/mol. The molecule has 1 aliphatic rings. The topological polar surface area (TPSA) is 83.5 Å². The van der Waals surface area contributed by atoms with Crippen LogP contribution in [0.3, 0.4) is 0 Å². The number of hydrogen-bond donors (Lipinski definition) is 1. The largest absolute Gasteiger partial charge is 0.480 e. The molecule has 2 heterocycles. The number of para-hydroxylation sites is 2. The molecule has 0 aliphatic carbocycles. The molecule has 0 bridgehead atoms. The predicted octanol–water partition coefficient (Wildman–Crippen LogP) is 0.830. The lowest BCUT2D eigenvalue weighted by atomic mass is 10.1. The van der Waals surface area contributed by atoms with Crippen molar-refractivity contribution >= 4 is 28.6 Å². The molecular formula is C22H21N4O3+. The van der Waals surface area contributed by atoms with E-state index in [9.17, 15) is 14.4 Å². The molecule has 0 saturated heterocycles. The summed E-state index contributed by atoms with van der Waals surface area (Å²) in [5.41, 5.74) is 1.55. The maximum atomic E-state index is 12.6. The summed E-state index contributed by atoms with van der Waals surface area (Å²) < 4.78 is 3.47. The molecule has 0 spiro atoms. The molecule has 0 unspecified atom stereocenters. The van der Waals surface area contributed by atoms with Crippen molar-refractivity contribution in [3.05, 3.63) is 71.0 Å². The van der Waals surface area contributed by atoms with Gasteiger partial charge in [0.25, 0.3) is 5.91 Å². The Labute approximate surface area is 167 Å². The van der Waals surface area contributed by atoms with Crippen LogP contribution in [0.2, 0.25) is 0 Å². The fourth-order valence-corrected chi connectivity index (χ4v) is 3.51. The zero-order chi connectivity index (χ0) is 20.5. The Kier molecular flexibility index (Phi) is 4.80. The lowest BCUT2D eigenvalue weighted by Crippen LogP contribution is -2.52. The van der Waals surface area contributed by atoms with Gasteiger partial charge in [-0.1, -0.05) is 18.2 Å². The third-order valence-electron chi connectivity index (χ3n) is 4.99. The van der Waals surface area contributed by atoms with Crippen molar-refractivity contribution < 1.29 is 14.4 Å². The van der Waals surface area contributed by atoms with Crippen LogP contribution < -0.4 is 20.6 Å². The van der Waals surface area contributed by atoms with Crippen molar-refractivity contribution in [2.45, 2.75) is 19.9 Å². The SMILES string of the molecule is CC(C)n1ccc2ccc(C(=O)NCC[N+]3=c4ccccc4=NC(=O)C3=O)cc21. The molecule has 146 valence electrons. The van der Waals surface area contributed by atoms with Crippen LogP contribution in [0.1, 0.15) is 30.2 Å². The minimum atomic E-state index is -0.796. The Balaban J connectivity index is 1.53. The Morgan fingerprint density at radius 1 is 1.14 bits per heavy atom. The third-order valence-corrected chi connectivity index (χ3v) is 4.99. The second-order valence-electron chi connectivity index (χ2n) is 7.21. The quantitative estimate of drug-likeness (QED) is 0.518. The average molecular weight is 389 g/mol. The van der Waals surface area contributed by atoms with E-state index in [2.05, 4.69) is 28.7 Å². The van der Waals surface area contributed by atoms with E-state index < -0.39 is 11.8 Å². The first-order chi connectivity index (χ1) is 14.0. The molecule has 1 aliphatic heterocycles. The molecule has 2 aromatic carbocycles. The third kappa shape index (κ3) is 3.47. The molecule has 4 rings (SSSR count). The molecule has 1 aromatic heterocycles. The fourth-order valence-electron chi connectivity index (χ4n) is 3.51. The van der Waals surface area contributed by atoms with E-state index in [4.69, 9.17) is 0 Å². The first kappa shape index (κ1) is 18.7. The van der Waals surface area contributed by atoms with Crippen molar-refractivity contribution in [1.82, 2.24) is 14.5 Å². The van der Waals surface area contributed by atoms with Crippen LogP contribution in [0.4, 0.5) is 0 Å². The molecule has 1 N–H and O–H groups in total. The molecule has 0 radical (unpaired) electrons. The van der Waals surface area contributed by atoms with Gasteiger partial charge in [0.1, 0.15) is 5.36 Å². The van der Waals surface area contributed by atoms with Crippen molar-refractivity contribution in [1.29, 1.82) is 0 Å². The van der Waals surface area contributed by atoms with Crippen LogP contribution in [0, 0.1) is 0 Å². The van der Waals surface area contributed by atoms with Gasteiger partial charge in [-0.15, -0.1) is 4.58 Å². The second-order valence-corrected chi connectivity index (χ2v) is 7.21. The van der Waals surface area contributed by atoms with E-state index in [1.165, 1.54) is 4.58 Å². The van der Waals surface area contributed by atoms with Gasteiger partial charge < -0.3 is 9.88 Å². The first-order valence-electron chi connectivity index (χ1n) is 9.51. The number of benzene rings is 2. The van der Waals surface area contributed by atoms with Crippen LogP contribution in [0.15, 0.2) is 59.7 Å². The summed E-state index contributed by atoms with van der Waals surface area (Å²) >= 11 is 0. The smallest absolute Gasteiger partial charge is 0.346 e. The Morgan fingerprint density at radius 3 is 2.72 bits per heavy atom. The summed E-state index contributed by atoms with van der Waals surface area (Å²) in [5, 5.41) is 4.94. The number of carbonyl (C=O) groups is 3. The van der Waals surface area contributed by atoms with Crippen molar-refractivity contribution in [3.63, 3.8) is 0 Å². The van der Waals surface area contributed by atoms with Crippen LogP contribution in [-0.2, 0) is 9.59 Å². The molecule has 7 heteroatoms.